The molecule has 0 bridgehead atoms. The minimum Gasteiger partial charge on any atom is -0.454 e. The van der Waals surface area contributed by atoms with Crippen LogP contribution in [0.4, 0.5) is 16.8 Å². The second-order valence-corrected chi connectivity index (χ2v) is 5.96. The molecule has 4 rings (SSSR count). The van der Waals surface area contributed by atoms with E-state index in [0.717, 1.165) is 27.7 Å². The summed E-state index contributed by atoms with van der Waals surface area (Å²) in [6, 6.07) is 7.43. The Bertz CT molecular complexity index is 880. The SMILES string of the molecule is Cc1nc(N)sc1-c1ccnc(Nc2ccc3c(c2)OCO3)n1. The smallest absolute Gasteiger partial charge is 0.231 e. The molecule has 0 atom stereocenters. The van der Waals surface area contributed by atoms with Crippen molar-refractivity contribution in [3.8, 4) is 22.1 Å². The van der Waals surface area contributed by atoms with Gasteiger partial charge < -0.3 is 20.5 Å². The number of anilines is 3. The first kappa shape index (κ1) is 13.8. The van der Waals surface area contributed by atoms with Crippen LogP contribution in [-0.4, -0.2) is 21.7 Å². The van der Waals surface area contributed by atoms with Gasteiger partial charge in [-0.25, -0.2) is 15.0 Å². The molecule has 8 heteroatoms. The molecule has 7 nitrogen and oxygen atoms in total. The highest BCUT2D eigenvalue weighted by Crippen LogP contribution is 2.35. The number of benzene rings is 1. The number of hydrogen-bond acceptors (Lipinski definition) is 8. The van der Waals surface area contributed by atoms with E-state index in [1.165, 1.54) is 11.3 Å². The van der Waals surface area contributed by atoms with Gasteiger partial charge in [-0.1, -0.05) is 11.3 Å². The number of fused-ring (bicyclic) bond motifs is 1. The highest BCUT2D eigenvalue weighted by atomic mass is 32.1. The number of aromatic nitrogens is 3. The van der Waals surface area contributed by atoms with Gasteiger partial charge in [-0.2, -0.15) is 0 Å². The monoisotopic (exact) mass is 327 g/mol. The first-order chi connectivity index (χ1) is 11.2. The molecule has 0 aliphatic carbocycles. The van der Waals surface area contributed by atoms with Crippen LogP contribution < -0.4 is 20.5 Å². The highest BCUT2D eigenvalue weighted by molar-refractivity contribution is 7.18. The van der Waals surface area contributed by atoms with Gasteiger partial charge in [-0.3, -0.25) is 0 Å². The molecular formula is C15H13N5O2S. The summed E-state index contributed by atoms with van der Waals surface area (Å²) in [5.41, 5.74) is 8.23. The molecule has 2 aromatic heterocycles. The van der Waals surface area contributed by atoms with Crippen LogP contribution in [0.3, 0.4) is 0 Å². The van der Waals surface area contributed by atoms with Crippen molar-refractivity contribution in [2.24, 2.45) is 0 Å². The van der Waals surface area contributed by atoms with Crippen LogP contribution in [0.15, 0.2) is 30.5 Å². The average Bonchev–Trinajstić information content (AvgIpc) is 3.13. The Kier molecular flexibility index (Phi) is 3.23. The van der Waals surface area contributed by atoms with Crippen molar-refractivity contribution in [2.75, 3.05) is 17.8 Å². The molecule has 0 fully saturated rings. The van der Waals surface area contributed by atoms with Crippen molar-refractivity contribution >= 4 is 28.1 Å². The molecule has 0 amide bonds. The third-order valence-corrected chi connectivity index (χ3v) is 4.34. The van der Waals surface area contributed by atoms with E-state index in [1.807, 2.05) is 31.2 Å². The molecule has 1 aromatic carbocycles. The van der Waals surface area contributed by atoms with Gasteiger partial charge in [0, 0.05) is 18.0 Å². The van der Waals surface area contributed by atoms with Crippen molar-refractivity contribution in [3.05, 3.63) is 36.2 Å². The largest absolute Gasteiger partial charge is 0.454 e. The van der Waals surface area contributed by atoms with Crippen LogP contribution in [-0.2, 0) is 0 Å². The number of hydrogen-bond donors (Lipinski definition) is 2. The van der Waals surface area contributed by atoms with Crippen molar-refractivity contribution in [1.29, 1.82) is 0 Å². The zero-order chi connectivity index (χ0) is 15.8. The van der Waals surface area contributed by atoms with Crippen molar-refractivity contribution < 1.29 is 9.47 Å². The molecule has 1 aliphatic rings. The van der Waals surface area contributed by atoms with Gasteiger partial charge in [-0.15, -0.1) is 0 Å². The van der Waals surface area contributed by atoms with Gasteiger partial charge in [0.15, 0.2) is 16.6 Å². The summed E-state index contributed by atoms with van der Waals surface area (Å²) in [6.45, 7) is 2.16. The fourth-order valence-corrected chi connectivity index (χ4v) is 3.11. The molecule has 0 saturated heterocycles. The standard InChI is InChI=1S/C15H13N5O2S/c1-8-13(23-14(16)18-8)10-4-5-17-15(20-10)19-9-2-3-11-12(6-9)22-7-21-11/h2-6H,7H2,1H3,(H2,16,18)(H,17,19,20). The maximum absolute atomic E-state index is 5.75. The zero-order valence-electron chi connectivity index (χ0n) is 12.2. The summed E-state index contributed by atoms with van der Waals surface area (Å²) in [5.74, 6) is 1.94. The van der Waals surface area contributed by atoms with E-state index in [2.05, 4.69) is 20.3 Å². The predicted octanol–water partition coefficient (Wildman–Crippen LogP) is 2.96. The quantitative estimate of drug-likeness (QED) is 0.763. The summed E-state index contributed by atoms with van der Waals surface area (Å²) >= 11 is 1.41. The van der Waals surface area contributed by atoms with E-state index in [0.29, 0.717) is 16.8 Å². The van der Waals surface area contributed by atoms with Crippen molar-refractivity contribution in [1.82, 2.24) is 15.0 Å². The van der Waals surface area contributed by atoms with Crippen LogP contribution in [0.25, 0.3) is 10.6 Å². The number of nitrogens with one attached hydrogen (secondary N) is 1. The van der Waals surface area contributed by atoms with E-state index in [1.54, 1.807) is 6.20 Å². The number of aryl methyl sites for hydroxylation is 1. The maximum Gasteiger partial charge on any atom is 0.231 e. The van der Waals surface area contributed by atoms with E-state index in [-0.39, 0.29) is 6.79 Å². The van der Waals surface area contributed by atoms with Gasteiger partial charge in [0.05, 0.1) is 16.3 Å². The third-order valence-electron chi connectivity index (χ3n) is 3.33. The molecule has 0 unspecified atom stereocenters. The molecule has 3 N–H and O–H groups in total. The van der Waals surface area contributed by atoms with Crippen molar-refractivity contribution in [3.63, 3.8) is 0 Å². The molecule has 3 aromatic rings. The Labute approximate surface area is 136 Å². The van der Waals surface area contributed by atoms with Crippen LogP contribution >= 0.6 is 11.3 Å². The topological polar surface area (TPSA) is 95.2 Å². The lowest BCUT2D eigenvalue weighted by Gasteiger charge is -2.07. The van der Waals surface area contributed by atoms with Crippen molar-refractivity contribution in [2.45, 2.75) is 6.92 Å². The number of nitrogen functional groups attached to an aromatic ring is 1. The molecule has 0 saturated carbocycles. The van der Waals surface area contributed by atoms with E-state index < -0.39 is 0 Å². The molecule has 0 spiro atoms. The number of ether oxygens (including phenoxy) is 2. The Morgan fingerprint density at radius 3 is 2.87 bits per heavy atom. The van der Waals surface area contributed by atoms with Crippen LogP contribution in [0, 0.1) is 6.92 Å². The van der Waals surface area contributed by atoms with E-state index in [4.69, 9.17) is 15.2 Å². The normalized spacial score (nSPS) is 12.4. The predicted molar refractivity (Wildman–Crippen MR) is 88.1 cm³/mol. The Morgan fingerprint density at radius 2 is 2.04 bits per heavy atom. The van der Waals surface area contributed by atoms with E-state index >= 15 is 0 Å². The number of nitrogens with two attached hydrogens (primary N) is 1. The van der Waals surface area contributed by atoms with Crippen LogP contribution in [0.2, 0.25) is 0 Å². The van der Waals surface area contributed by atoms with Gasteiger partial charge in [-0.05, 0) is 25.1 Å². The Morgan fingerprint density at radius 1 is 1.17 bits per heavy atom. The van der Waals surface area contributed by atoms with Crippen LogP contribution in [0.1, 0.15) is 5.69 Å². The minimum absolute atomic E-state index is 0.247. The Balaban J connectivity index is 1.63. The summed E-state index contributed by atoms with van der Waals surface area (Å²) in [5, 5.41) is 3.69. The number of rotatable bonds is 3. The van der Waals surface area contributed by atoms with E-state index in [9.17, 15) is 0 Å². The molecule has 1 aliphatic heterocycles. The third kappa shape index (κ3) is 2.64. The fraction of sp³-hybridized carbons (Fsp3) is 0.133. The molecular weight excluding hydrogens is 314 g/mol. The van der Waals surface area contributed by atoms with Gasteiger partial charge in [0.25, 0.3) is 0 Å². The minimum atomic E-state index is 0.247. The molecule has 3 heterocycles. The Hall–Kier alpha value is -2.87. The highest BCUT2D eigenvalue weighted by Gasteiger charge is 2.14. The first-order valence-corrected chi connectivity index (χ1v) is 7.74. The van der Waals surface area contributed by atoms with Gasteiger partial charge in [0.1, 0.15) is 0 Å². The van der Waals surface area contributed by atoms with Crippen LogP contribution in [0.5, 0.6) is 11.5 Å². The summed E-state index contributed by atoms with van der Waals surface area (Å²) in [4.78, 5) is 13.9. The second kappa shape index (κ2) is 5.40. The molecule has 23 heavy (non-hydrogen) atoms. The van der Waals surface area contributed by atoms with Gasteiger partial charge in [0.2, 0.25) is 12.7 Å². The second-order valence-electron chi connectivity index (χ2n) is 4.93. The lowest BCUT2D eigenvalue weighted by molar-refractivity contribution is 0.174. The maximum atomic E-state index is 5.75. The average molecular weight is 327 g/mol. The molecule has 0 radical (unpaired) electrons. The summed E-state index contributed by atoms with van der Waals surface area (Å²) in [7, 11) is 0. The molecule has 116 valence electrons. The first-order valence-electron chi connectivity index (χ1n) is 6.92. The summed E-state index contributed by atoms with van der Waals surface area (Å²) in [6.07, 6.45) is 1.70. The summed E-state index contributed by atoms with van der Waals surface area (Å²) < 4.78 is 10.7. The lowest BCUT2D eigenvalue weighted by Crippen LogP contribution is -1.97. The lowest BCUT2D eigenvalue weighted by atomic mass is 10.3. The number of thiazole rings is 1. The fourth-order valence-electron chi connectivity index (χ4n) is 2.30. The van der Waals surface area contributed by atoms with Gasteiger partial charge >= 0.3 is 0 Å². The number of nitrogens with zero attached hydrogens (tertiary/aromatic N) is 3. The zero-order valence-corrected chi connectivity index (χ0v) is 13.1.